The summed E-state index contributed by atoms with van der Waals surface area (Å²) in [6, 6.07) is 0. The summed E-state index contributed by atoms with van der Waals surface area (Å²) in [6.45, 7) is 2.08. The van der Waals surface area contributed by atoms with E-state index >= 15 is 0 Å². The molecule has 0 saturated carbocycles. The molecule has 0 fully saturated rings. The van der Waals surface area contributed by atoms with Gasteiger partial charge >= 0.3 is 29.6 Å². The van der Waals surface area contributed by atoms with Crippen molar-refractivity contribution in [2.45, 2.75) is 45.1 Å². The summed E-state index contributed by atoms with van der Waals surface area (Å²) in [4.78, 5) is 0. The monoisotopic (exact) mass is 234 g/mol. The van der Waals surface area contributed by atoms with E-state index in [0.29, 0.717) is 6.42 Å². The van der Waals surface area contributed by atoms with Crippen LogP contribution in [0.3, 0.4) is 0 Å². The van der Waals surface area contributed by atoms with E-state index in [2.05, 4.69) is 6.92 Å². The molecule has 0 aromatic carbocycles. The average molecular weight is 234 g/mol. The van der Waals surface area contributed by atoms with E-state index in [1.54, 1.807) is 0 Å². The summed E-state index contributed by atoms with van der Waals surface area (Å²) in [5.74, 6) is -0.543. The van der Waals surface area contributed by atoms with Gasteiger partial charge in [-0.15, -0.1) is 0 Å². The zero-order chi connectivity index (χ0) is 10.3. The molecule has 82 valence electrons. The van der Waals surface area contributed by atoms with Crippen molar-refractivity contribution < 1.29 is 18.1 Å². The van der Waals surface area contributed by atoms with Crippen LogP contribution in [-0.2, 0) is 10.1 Å². The number of hydrogen-bond donors (Lipinski definition) is 2. The van der Waals surface area contributed by atoms with E-state index in [1.165, 1.54) is 0 Å². The van der Waals surface area contributed by atoms with Crippen molar-refractivity contribution in [1.29, 1.82) is 0 Å². The van der Waals surface area contributed by atoms with Crippen LogP contribution in [0.4, 0.5) is 0 Å². The van der Waals surface area contributed by atoms with E-state index < -0.39 is 22.0 Å². The molecule has 0 saturated heterocycles. The molecule has 0 bridgehead atoms. The second-order valence-electron chi connectivity index (χ2n) is 3.25. The number of rotatable bonds is 7. The Morgan fingerprint density at radius 1 is 1.21 bits per heavy atom. The van der Waals surface area contributed by atoms with Crippen molar-refractivity contribution in [2.24, 2.45) is 0 Å². The van der Waals surface area contributed by atoms with Gasteiger partial charge in [0.05, 0.1) is 6.10 Å². The molecule has 0 amide bonds. The van der Waals surface area contributed by atoms with Crippen molar-refractivity contribution in [3.05, 3.63) is 0 Å². The van der Waals surface area contributed by atoms with Gasteiger partial charge in [-0.3, -0.25) is 4.55 Å². The van der Waals surface area contributed by atoms with Crippen LogP contribution in [-0.4, -0.2) is 59.5 Å². The first kappa shape index (κ1) is 17.3. The van der Waals surface area contributed by atoms with Crippen LogP contribution in [0.5, 0.6) is 0 Å². The van der Waals surface area contributed by atoms with Gasteiger partial charge in [-0.05, 0) is 6.42 Å². The molecule has 0 rings (SSSR count). The maximum absolute atomic E-state index is 10.3. The van der Waals surface area contributed by atoms with E-state index in [0.717, 1.165) is 25.7 Å². The predicted octanol–water partition coefficient (Wildman–Crippen LogP) is 0.557. The minimum atomic E-state index is -4.02. The van der Waals surface area contributed by atoms with Gasteiger partial charge in [0.15, 0.2) is 0 Å². The van der Waals surface area contributed by atoms with Crippen LogP contribution >= 0.6 is 0 Å². The fourth-order valence-electron chi connectivity index (χ4n) is 1.13. The van der Waals surface area contributed by atoms with Crippen LogP contribution in [0.2, 0.25) is 0 Å². The van der Waals surface area contributed by atoms with Crippen LogP contribution in [0.1, 0.15) is 39.0 Å². The van der Waals surface area contributed by atoms with Crippen LogP contribution in [0.15, 0.2) is 0 Å². The van der Waals surface area contributed by atoms with Crippen molar-refractivity contribution in [1.82, 2.24) is 0 Å². The maximum atomic E-state index is 10.3. The molecule has 0 radical (unpaired) electrons. The quantitative estimate of drug-likeness (QED) is 0.383. The van der Waals surface area contributed by atoms with Crippen LogP contribution < -0.4 is 0 Å². The summed E-state index contributed by atoms with van der Waals surface area (Å²) < 4.78 is 29.1. The Kier molecular flexibility index (Phi) is 11.3. The molecule has 0 spiro atoms. The van der Waals surface area contributed by atoms with E-state index in [1.807, 2.05) is 0 Å². The van der Waals surface area contributed by atoms with Gasteiger partial charge in [-0.25, -0.2) is 0 Å². The third kappa shape index (κ3) is 12.9. The molecule has 6 heteroatoms. The van der Waals surface area contributed by atoms with Gasteiger partial charge in [-0.2, -0.15) is 8.42 Å². The first-order chi connectivity index (χ1) is 5.95. The third-order valence-electron chi connectivity index (χ3n) is 1.79. The average Bonchev–Trinajstić information content (AvgIpc) is 1.94. The topological polar surface area (TPSA) is 74.6 Å². The van der Waals surface area contributed by atoms with Crippen LogP contribution in [0.25, 0.3) is 0 Å². The molecular weight excluding hydrogens is 215 g/mol. The fourth-order valence-corrected chi connectivity index (χ4v) is 1.79. The summed E-state index contributed by atoms with van der Waals surface area (Å²) in [6.07, 6.45) is 3.53. The second-order valence-corrected chi connectivity index (χ2v) is 4.75. The second kappa shape index (κ2) is 9.12. The van der Waals surface area contributed by atoms with Crippen molar-refractivity contribution >= 4 is 39.7 Å². The summed E-state index contributed by atoms with van der Waals surface area (Å²) in [5, 5.41) is 9.14. The Morgan fingerprint density at radius 2 is 1.79 bits per heavy atom. The van der Waals surface area contributed by atoms with Gasteiger partial charge in [-0.1, -0.05) is 32.6 Å². The van der Waals surface area contributed by atoms with Gasteiger partial charge in [0.25, 0.3) is 10.1 Å². The summed E-state index contributed by atoms with van der Waals surface area (Å²) in [7, 11) is -4.02. The standard InChI is InChI=1S/C8H18O4S.Na.H/c1-2-3-4-5-6-8(9)7-13(10,11)12;;/h8-9H,2-7H2,1H3,(H,10,11,12);;. The number of hydrogen-bond acceptors (Lipinski definition) is 3. The zero-order valence-corrected chi connectivity index (χ0v) is 8.76. The van der Waals surface area contributed by atoms with Crippen LogP contribution in [0, 0.1) is 0 Å². The van der Waals surface area contributed by atoms with E-state index in [-0.39, 0.29) is 29.6 Å². The Labute approximate surface area is 108 Å². The molecule has 2 N–H and O–H groups in total. The van der Waals surface area contributed by atoms with E-state index in [4.69, 9.17) is 9.66 Å². The van der Waals surface area contributed by atoms with Gasteiger partial charge in [0.1, 0.15) is 5.75 Å². The Bertz CT molecular complexity index is 215. The summed E-state index contributed by atoms with van der Waals surface area (Å²) >= 11 is 0. The van der Waals surface area contributed by atoms with Crippen molar-refractivity contribution in [3.63, 3.8) is 0 Å². The first-order valence-corrected chi connectivity index (χ1v) is 6.20. The molecule has 1 atom stereocenters. The molecule has 1 unspecified atom stereocenters. The molecular formula is C8H19NaO4S. The number of aliphatic hydroxyl groups is 1. The zero-order valence-electron chi connectivity index (χ0n) is 7.94. The Morgan fingerprint density at radius 3 is 2.21 bits per heavy atom. The van der Waals surface area contributed by atoms with Crippen molar-refractivity contribution in [2.75, 3.05) is 5.75 Å². The molecule has 4 nitrogen and oxygen atoms in total. The normalized spacial score (nSPS) is 13.4. The fraction of sp³-hybridized carbons (Fsp3) is 1.00. The minimum absolute atomic E-state index is 0. The third-order valence-corrected chi connectivity index (χ3v) is 2.60. The van der Waals surface area contributed by atoms with Gasteiger partial charge < -0.3 is 5.11 Å². The SMILES string of the molecule is CCCCCCC(O)CS(=O)(=O)O.[NaH]. The molecule has 14 heavy (non-hydrogen) atoms. The Hall–Kier alpha value is 0.870. The molecule has 0 aromatic rings. The molecule has 0 aromatic heterocycles. The molecule has 0 aliphatic heterocycles. The first-order valence-electron chi connectivity index (χ1n) is 4.59. The van der Waals surface area contributed by atoms with Gasteiger partial charge in [0.2, 0.25) is 0 Å². The number of unbranched alkanes of at least 4 members (excludes halogenated alkanes) is 3. The molecule has 0 aliphatic carbocycles. The molecule has 0 heterocycles. The van der Waals surface area contributed by atoms with Crippen molar-refractivity contribution in [3.8, 4) is 0 Å². The summed E-state index contributed by atoms with van der Waals surface area (Å²) in [5.41, 5.74) is 0. The van der Waals surface area contributed by atoms with E-state index in [9.17, 15) is 8.42 Å². The number of aliphatic hydroxyl groups excluding tert-OH is 1. The van der Waals surface area contributed by atoms with Gasteiger partial charge in [0, 0.05) is 0 Å². The predicted molar refractivity (Wildman–Crippen MR) is 58.3 cm³/mol. The Balaban J connectivity index is 0. The molecule has 0 aliphatic rings.